The highest BCUT2D eigenvalue weighted by atomic mass is 35.5. The summed E-state index contributed by atoms with van der Waals surface area (Å²) < 4.78 is 5.94. The molecule has 3 aliphatic rings. The Bertz CT molecular complexity index is 409. The van der Waals surface area contributed by atoms with Gasteiger partial charge in [-0.1, -0.05) is 0 Å². The molecule has 2 unspecified atom stereocenters. The summed E-state index contributed by atoms with van der Waals surface area (Å²) in [6, 6.07) is 0.625. The number of carbonyl (C=O) groups excluding carboxylic acids is 1. The molecule has 3 saturated heterocycles. The predicted molar refractivity (Wildman–Crippen MR) is 115 cm³/mol. The maximum atomic E-state index is 12.4. The lowest BCUT2D eigenvalue weighted by Gasteiger charge is -2.40. The molecule has 3 aliphatic heterocycles. The Labute approximate surface area is 180 Å². The van der Waals surface area contributed by atoms with Gasteiger partial charge in [-0.25, -0.2) is 0 Å². The Morgan fingerprint density at radius 3 is 2.42 bits per heavy atom. The average Bonchev–Trinajstić information content (AvgIpc) is 3.09. The Morgan fingerprint density at radius 2 is 1.85 bits per heavy atom. The van der Waals surface area contributed by atoms with Crippen molar-refractivity contribution in [2.45, 2.75) is 32.0 Å². The van der Waals surface area contributed by atoms with Crippen molar-refractivity contribution in [3.63, 3.8) is 0 Å². The summed E-state index contributed by atoms with van der Waals surface area (Å²) in [6.07, 6.45) is 0.307. The van der Waals surface area contributed by atoms with Crippen LogP contribution in [0, 0.1) is 0 Å². The molecular weight excluding hydrogens is 419 g/mol. The van der Waals surface area contributed by atoms with Crippen LogP contribution in [0.5, 0.6) is 0 Å². The van der Waals surface area contributed by atoms with Gasteiger partial charge in [-0.15, -0.1) is 49.0 Å². The second-order valence-corrected chi connectivity index (χ2v) is 8.01. The summed E-state index contributed by atoms with van der Waals surface area (Å²) >= 11 is 1.81. The number of amides is 1. The number of morpholine rings is 1. The van der Waals surface area contributed by atoms with E-state index >= 15 is 0 Å². The molecule has 0 aromatic rings. The molecule has 0 aromatic carbocycles. The first-order valence-electron chi connectivity index (χ1n) is 8.81. The lowest BCUT2D eigenvalue weighted by Crippen LogP contribution is -2.56. The topological polar surface area (TPSA) is 48.1 Å². The van der Waals surface area contributed by atoms with Crippen LogP contribution in [0.3, 0.4) is 0 Å². The van der Waals surface area contributed by atoms with Crippen molar-refractivity contribution >= 4 is 54.9 Å². The summed E-state index contributed by atoms with van der Waals surface area (Å²) in [4.78, 5) is 19.4. The van der Waals surface area contributed by atoms with Crippen LogP contribution in [0.4, 0.5) is 0 Å². The van der Waals surface area contributed by atoms with E-state index in [1.165, 1.54) is 0 Å². The number of nitrogens with zero attached hydrogens (tertiary/aromatic N) is 3. The van der Waals surface area contributed by atoms with Crippen LogP contribution in [-0.4, -0.2) is 103 Å². The fourth-order valence-corrected chi connectivity index (χ4v) is 4.47. The third kappa shape index (κ3) is 7.17. The molecule has 3 rings (SSSR count). The van der Waals surface area contributed by atoms with Crippen LogP contribution < -0.4 is 5.32 Å². The highest BCUT2D eigenvalue weighted by molar-refractivity contribution is 7.99. The summed E-state index contributed by atoms with van der Waals surface area (Å²) in [5, 5.41) is 3.28. The molecule has 156 valence electrons. The van der Waals surface area contributed by atoms with Gasteiger partial charge in [0.2, 0.25) is 5.91 Å². The molecule has 0 spiro atoms. The summed E-state index contributed by atoms with van der Waals surface area (Å²) in [5.41, 5.74) is 0. The number of hydrogen-bond donors (Lipinski definition) is 1. The quantitative estimate of drug-likeness (QED) is 0.692. The van der Waals surface area contributed by atoms with Crippen molar-refractivity contribution in [1.29, 1.82) is 0 Å². The van der Waals surface area contributed by atoms with Gasteiger partial charge >= 0.3 is 0 Å². The van der Waals surface area contributed by atoms with E-state index in [0.29, 0.717) is 12.1 Å². The van der Waals surface area contributed by atoms with Crippen molar-refractivity contribution in [1.82, 2.24) is 20.0 Å². The molecule has 0 saturated carbocycles. The molecule has 26 heavy (non-hydrogen) atoms. The molecule has 1 amide bonds. The van der Waals surface area contributed by atoms with Crippen molar-refractivity contribution in [3.05, 3.63) is 0 Å². The SMILES string of the molecule is CC(C)N1CCOC(CN2CCN(C(=O)C3CSCN3)CC2)C1.Cl.Cl.Cl. The number of halogens is 3. The Balaban J connectivity index is 0.00000208. The van der Waals surface area contributed by atoms with Crippen LogP contribution in [0.1, 0.15) is 13.8 Å². The van der Waals surface area contributed by atoms with Gasteiger partial charge in [-0.2, -0.15) is 0 Å². The van der Waals surface area contributed by atoms with E-state index in [-0.39, 0.29) is 49.2 Å². The van der Waals surface area contributed by atoms with Crippen LogP contribution in [0.2, 0.25) is 0 Å². The van der Waals surface area contributed by atoms with Gasteiger partial charge in [0, 0.05) is 63.5 Å². The zero-order chi connectivity index (χ0) is 16.2. The van der Waals surface area contributed by atoms with Gasteiger partial charge in [0.05, 0.1) is 18.8 Å². The number of rotatable bonds is 4. The molecule has 2 atom stereocenters. The first kappa shape index (κ1) is 26.5. The van der Waals surface area contributed by atoms with Crippen LogP contribution in [-0.2, 0) is 9.53 Å². The fourth-order valence-electron chi connectivity index (χ4n) is 3.53. The average molecular weight is 452 g/mol. The highest BCUT2D eigenvalue weighted by Crippen LogP contribution is 2.15. The normalized spacial score (nSPS) is 27.4. The zero-order valence-corrected chi connectivity index (χ0v) is 18.9. The molecule has 1 N–H and O–H groups in total. The molecular formula is C16H33Cl3N4O2S. The van der Waals surface area contributed by atoms with Crippen molar-refractivity contribution in [2.75, 3.05) is 64.0 Å². The van der Waals surface area contributed by atoms with E-state index in [0.717, 1.165) is 64.0 Å². The Kier molecular flexibility index (Phi) is 13.1. The molecule has 3 heterocycles. The van der Waals surface area contributed by atoms with Gasteiger partial charge in [0.15, 0.2) is 0 Å². The van der Waals surface area contributed by atoms with Gasteiger partial charge in [0.25, 0.3) is 0 Å². The lowest BCUT2D eigenvalue weighted by atomic mass is 10.2. The Hall–Kier alpha value is 0.530. The first-order chi connectivity index (χ1) is 11.1. The van der Waals surface area contributed by atoms with Crippen molar-refractivity contribution in [3.8, 4) is 0 Å². The number of hydrogen-bond acceptors (Lipinski definition) is 6. The van der Waals surface area contributed by atoms with E-state index in [4.69, 9.17) is 4.74 Å². The minimum atomic E-state index is 0. The number of nitrogens with one attached hydrogen (secondary N) is 1. The van der Waals surface area contributed by atoms with E-state index in [2.05, 4.69) is 29.0 Å². The first-order valence-corrected chi connectivity index (χ1v) is 9.97. The molecule has 0 radical (unpaired) electrons. The number of ether oxygens (including phenoxy) is 1. The highest BCUT2D eigenvalue weighted by Gasteiger charge is 2.31. The zero-order valence-electron chi connectivity index (χ0n) is 15.6. The van der Waals surface area contributed by atoms with Gasteiger partial charge in [0.1, 0.15) is 0 Å². The molecule has 0 aliphatic carbocycles. The second kappa shape index (κ2) is 12.9. The largest absolute Gasteiger partial charge is 0.374 e. The predicted octanol–water partition coefficient (Wildman–Crippen LogP) is 1.17. The lowest BCUT2D eigenvalue weighted by molar-refractivity contribution is -0.134. The van der Waals surface area contributed by atoms with Crippen LogP contribution >= 0.6 is 49.0 Å². The van der Waals surface area contributed by atoms with E-state index in [9.17, 15) is 4.79 Å². The van der Waals surface area contributed by atoms with Crippen LogP contribution in [0.15, 0.2) is 0 Å². The smallest absolute Gasteiger partial charge is 0.240 e. The minimum absolute atomic E-state index is 0. The van der Waals surface area contributed by atoms with E-state index < -0.39 is 0 Å². The maximum absolute atomic E-state index is 12.4. The van der Waals surface area contributed by atoms with E-state index in [1.807, 2.05) is 16.7 Å². The standard InChI is InChI=1S/C16H30N4O2S.3ClH/c1-13(2)20-7-8-22-14(10-20)9-18-3-5-19(6-4-18)16(21)15-11-23-12-17-15;;;/h13-15,17H,3-12H2,1-2H3;3*1H. The second-order valence-electron chi connectivity index (χ2n) is 6.98. The number of piperazine rings is 1. The molecule has 3 fully saturated rings. The van der Waals surface area contributed by atoms with Crippen molar-refractivity contribution in [2.24, 2.45) is 0 Å². The van der Waals surface area contributed by atoms with Gasteiger partial charge in [-0.05, 0) is 13.8 Å². The van der Waals surface area contributed by atoms with Gasteiger partial charge < -0.3 is 9.64 Å². The summed E-state index contributed by atoms with van der Waals surface area (Å²) in [6.45, 7) is 12.0. The maximum Gasteiger partial charge on any atom is 0.240 e. The third-order valence-electron chi connectivity index (χ3n) is 5.06. The van der Waals surface area contributed by atoms with Gasteiger partial charge in [-0.3, -0.25) is 19.9 Å². The molecule has 10 heteroatoms. The molecule has 0 bridgehead atoms. The monoisotopic (exact) mass is 450 g/mol. The molecule has 6 nitrogen and oxygen atoms in total. The van der Waals surface area contributed by atoms with Crippen molar-refractivity contribution < 1.29 is 9.53 Å². The Morgan fingerprint density at radius 1 is 1.15 bits per heavy atom. The number of carbonyl (C=O) groups is 1. The summed E-state index contributed by atoms with van der Waals surface area (Å²) in [7, 11) is 0. The molecule has 0 aromatic heterocycles. The third-order valence-corrected chi connectivity index (χ3v) is 6.00. The summed E-state index contributed by atoms with van der Waals surface area (Å²) in [5.74, 6) is 2.11. The fraction of sp³-hybridized carbons (Fsp3) is 0.938. The number of thioether (sulfide) groups is 1. The minimum Gasteiger partial charge on any atom is -0.374 e. The van der Waals surface area contributed by atoms with E-state index in [1.54, 1.807) is 0 Å². The van der Waals surface area contributed by atoms with Crippen LogP contribution in [0.25, 0.3) is 0 Å².